The van der Waals surface area contributed by atoms with Gasteiger partial charge in [0.25, 0.3) is 5.91 Å². The molecule has 2 saturated heterocycles. The number of amides is 3. The molecule has 2 aliphatic heterocycles. The number of fused-ring (bicyclic) bond motifs is 2. The van der Waals surface area contributed by atoms with Crippen molar-refractivity contribution < 1.29 is 33.8 Å². The number of nitrogens with zero attached hydrogens (tertiary/aromatic N) is 3. The van der Waals surface area contributed by atoms with Gasteiger partial charge in [-0.05, 0) is 89.7 Å². The Bertz CT molecular complexity index is 1670. The molecule has 4 rings (SSSR count). The van der Waals surface area contributed by atoms with Crippen LogP contribution in [-0.2, 0) is 25.5 Å². The Kier molecular flexibility index (Phi) is 16.7. The van der Waals surface area contributed by atoms with E-state index in [1.165, 1.54) is 11.3 Å². The summed E-state index contributed by atoms with van der Waals surface area (Å²) >= 11 is 1.19. The number of piperidine rings is 2. The molecule has 316 valence electrons. The van der Waals surface area contributed by atoms with E-state index in [9.17, 15) is 29.1 Å². The summed E-state index contributed by atoms with van der Waals surface area (Å²) in [6.07, 6.45) is 6.31. The van der Waals surface area contributed by atoms with Gasteiger partial charge in [0.05, 0.1) is 11.5 Å². The molecule has 1 aromatic carbocycles. The van der Waals surface area contributed by atoms with Crippen LogP contribution >= 0.6 is 11.3 Å². The molecule has 0 aliphatic carbocycles. The van der Waals surface area contributed by atoms with Crippen molar-refractivity contribution in [2.24, 2.45) is 23.7 Å². The number of ketones is 1. The number of ether oxygens (including phenoxy) is 1. The number of aromatic nitrogens is 1. The fourth-order valence-electron chi connectivity index (χ4n) is 8.87. The molecule has 2 bridgehead atoms. The van der Waals surface area contributed by atoms with E-state index in [1.807, 2.05) is 45.0 Å². The van der Waals surface area contributed by atoms with Crippen LogP contribution in [0.2, 0.25) is 0 Å². The van der Waals surface area contributed by atoms with E-state index in [0.29, 0.717) is 24.0 Å². The number of rotatable bonds is 20. The number of aryl methyl sites for hydroxylation is 1. The predicted octanol–water partition coefficient (Wildman–Crippen LogP) is 7.59. The topological polar surface area (TPSA) is 158 Å². The Hall–Kier alpha value is -3.84. The highest BCUT2D eigenvalue weighted by atomic mass is 32.1. The van der Waals surface area contributed by atoms with Crippen LogP contribution in [0.3, 0.4) is 0 Å². The van der Waals surface area contributed by atoms with E-state index in [1.54, 1.807) is 31.2 Å². The van der Waals surface area contributed by atoms with E-state index in [2.05, 4.69) is 41.4 Å². The third-order valence-corrected chi connectivity index (χ3v) is 13.7. The third-order valence-electron chi connectivity index (χ3n) is 12.7. The minimum Gasteiger partial charge on any atom is -0.481 e. The van der Waals surface area contributed by atoms with Crippen molar-refractivity contribution in [3.63, 3.8) is 0 Å². The second-order valence-corrected chi connectivity index (χ2v) is 17.9. The van der Waals surface area contributed by atoms with Gasteiger partial charge in [-0.2, -0.15) is 0 Å². The fourth-order valence-corrected chi connectivity index (χ4v) is 9.71. The number of hydrogen-bond donors (Lipinski definition) is 3. The molecule has 6 atom stereocenters. The van der Waals surface area contributed by atoms with Gasteiger partial charge < -0.3 is 25.4 Å². The zero-order valence-electron chi connectivity index (χ0n) is 35.6. The highest BCUT2D eigenvalue weighted by Crippen LogP contribution is 2.43. The first-order valence-corrected chi connectivity index (χ1v) is 21.9. The normalized spacial score (nSPS) is 21.4. The number of aliphatic carboxylic acids is 1. The summed E-state index contributed by atoms with van der Waals surface area (Å²) in [5.74, 6) is -2.55. The first-order valence-electron chi connectivity index (χ1n) is 21.0. The Balaban J connectivity index is 1.56. The zero-order chi connectivity index (χ0) is 42.0. The zero-order valence-corrected chi connectivity index (χ0v) is 36.5. The summed E-state index contributed by atoms with van der Waals surface area (Å²) in [6, 6.07) is 7.48. The lowest BCUT2D eigenvalue weighted by Crippen LogP contribution is -2.62. The minimum absolute atomic E-state index is 0.0165. The van der Waals surface area contributed by atoms with Gasteiger partial charge in [-0.25, -0.2) is 9.78 Å². The van der Waals surface area contributed by atoms with Crippen LogP contribution in [-0.4, -0.2) is 93.9 Å². The van der Waals surface area contributed by atoms with Gasteiger partial charge in [0, 0.05) is 55.9 Å². The van der Waals surface area contributed by atoms with E-state index in [4.69, 9.17) is 4.74 Å². The average Bonchev–Trinajstić information content (AvgIpc) is 3.66. The molecule has 12 nitrogen and oxygen atoms in total. The van der Waals surface area contributed by atoms with Crippen LogP contribution in [0, 0.1) is 30.6 Å². The maximum atomic E-state index is 14.6. The smallest absolute Gasteiger partial charge is 0.407 e. The Morgan fingerprint density at radius 2 is 1.68 bits per heavy atom. The van der Waals surface area contributed by atoms with E-state index >= 15 is 0 Å². The number of hydrogen-bond acceptors (Lipinski definition) is 9. The number of alkyl carbamates (subject to hydrolysis) is 1. The molecular formula is C44H67N5O7S. The number of benzene rings is 1. The monoisotopic (exact) mass is 809 g/mol. The first kappa shape index (κ1) is 45.9. The van der Waals surface area contributed by atoms with Gasteiger partial charge in [0.2, 0.25) is 5.91 Å². The highest BCUT2D eigenvalue weighted by molar-refractivity contribution is 7.09. The SMILES string of the molecule is CCNC(=O)O[C@H](C[C@H](C(C)C)N(C)C(=O)[C@@H](CC(=O)C12CCCC(CCC1)N2C)[C@@H](C)CC)c1nc(C(=O)N[C@@H](Cc2ccc(C)cc2)C[C@H](C)C(=O)O)cs1. The second kappa shape index (κ2) is 20.7. The van der Waals surface area contributed by atoms with Crippen molar-refractivity contribution in [2.75, 3.05) is 20.6 Å². The van der Waals surface area contributed by atoms with Crippen LogP contribution in [0.25, 0.3) is 0 Å². The number of nitrogens with one attached hydrogen (secondary N) is 2. The van der Waals surface area contributed by atoms with Gasteiger partial charge in [-0.15, -0.1) is 11.3 Å². The minimum atomic E-state index is -0.941. The van der Waals surface area contributed by atoms with Gasteiger partial charge in [0.1, 0.15) is 10.7 Å². The number of thiazole rings is 1. The van der Waals surface area contributed by atoms with E-state index in [0.717, 1.165) is 56.1 Å². The van der Waals surface area contributed by atoms with Gasteiger partial charge in [-0.1, -0.05) is 70.9 Å². The van der Waals surface area contributed by atoms with Crippen LogP contribution in [0.4, 0.5) is 4.79 Å². The largest absolute Gasteiger partial charge is 0.481 e. The molecule has 0 saturated carbocycles. The molecule has 0 radical (unpaired) electrons. The number of likely N-dealkylation sites (N-methyl/N-ethyl adjacent to an activating group) is 1. The number of carbonyl (C=O) groups excluding carboxylic acids is 4. The average molecular weight is 810 g/mol. The molecule has 57 heavy (non-hydrogen) atoms. The molecule has 2 aliphatic rings. The molecule has 3 amide bonds. The summed E-state index contributed by atoms with van der Waals surface area (Å²) in [4.78, 5) is 76.0. The van der Waals surface area contributed by atoms with Crippen molar-refractivity contribution in [3.8, 4) is 0 Å². The van der Waals surface area contributed by atoms with Crippen molar-refractivity contribution in [1.82, 2.24) is 25.4 Å². The molecule has 3 heterocycles. The molecular weight excluding hydrogens is 743 g/mol. The van der Waals surface area contributed by atoms with E-state index < -0.39 is 47.5 Å². The van der Waals surface area contributed by atoms with Crippen LogP contribution in [0.5, 0.6) is 0 Å². The molecule has 3 N–H and O–H groups in total. The summed E-state index contributed by atoms with van der Waals surface area (Å²) in [7, 11) is 3.87. The molecule has 0 unspecified atom stereocenters. The van der Waals surface area contributed by atoms with Gasteiger partial charge in [-0.3, -0.25) is 24.1 Å². The summed E-state index contributed by atoms with van der Waals surface area (Å²) < 4.78 is 5.96. The lowest BCUT2D eigenvalue weighted by Gasteiger charge is -2.52. The lowest BCUT2D eigenvalue weighted by atomic mass is 9.69. The molecule has 13 heteroatoms. The van der Waals surface area contributed by atoms with Crippen LogP contribution < -0.4 is 10.6 Å². The molecule has 0 spiro atoms. The number of Topliss-reactive ketones (excluding diaryl/α,β-unsaturated/α-hetero) is 1. The van der Waals surface area contributed by atoms with Crippen molar-refractivity contribution in [2.45, 2.75) is 149 Å². The maximum Gasteiger partial charge on any atom is 0.407 e. The highest BCUT2D eigenvalue weighted by Gasteiger charge is 2.50. The molecule has 2 fully saturated rings. The molecule has 1 aromatic heterocycles. The van der Waals surface area contributed by atoms with Crippen molar-refractivity contribution in [3.05, 3.63) is 51.5 Å². The predicted molar refractivity (Wildman–Crippen MR) is 223 cm³/mol. The number of carbonyl (C=O) groups is 5. The first-order chi connectivity index (χ1) is 27.0. The van der Waals surface area contributed by atoms with Crippen molar-refractivity contribution in [1.29, 1.82) is 0 Å². The Morgan fingerprint density at radius 3 is 2.26 bits per heavy atom. The Labute approximate surface area is 343 Å². The Morgan fingerprint density at radius 1 is 1.04 bits per heavy atom. The molecule has 2 aromatic rings. The standard InChI is InChI=1S/C44H67N5O7S/c1-10-29(6)34(24-38(50)44-20-12-14-33(49(44)9)15-13-21-44)41(52)48(8)36(27(3)4)25-37(56-43(55)45-11-2)40-47-35(26-57-40)39(51)46-32(22-30(7)42(53)54)23-31-18-16-28(5)17-19-31/h16-19,26-27,29-30,32-34,36-37H,10-15,20-25H2,1-9H3,(H,45,55)(H,46,51)(H,53,54)/t29-,30-,32+,33?,34-,36+,37+,44?/m0/s1. The number of carboxylic acid groups (broad SMARTS) is 1. The third kappa shape index (κ3) is 11.6. The quantitative estimate of drug-likeness (QED) is 0.123. The van der Waals surface area contributed by atoms with Crippen molar-refractivity contribution >= 4 is 41.0 Å². The second-order valence-electron chi connectivity index (χ2n) is 17.0. The van der Waals surface area contributed by atoms with Crippen LogP contribution in [0.1, 0.15) is 138 Å². The van der Waals surface area contributed by atoms with Crippen LogP contribution in [0.15, 0.2) is 29.6 Å². The lowest BCUT2D eigenvalue weighted by molar-refractivity contribution is -0.148. The number of carboxylic acids is 1. The van der Waals surface area contributed by atoms with E-state index in [-0.39, 0.29) is 54.5 Å². The summed E-state index contributed by atoms with van der Waals surface area (Å²) in [5, 5.41) is 17.4. The fraction of sp³-hybridized carbons (Fsp3) is 0.682. The summed E-state index contributed by atoms with van der Waals surface area (Å²) in [5.41, 5.74) is 1.70. The van der Waals surface area contributed by atoms with Gasteiger partial charge >= 0.3 is 12.1 Å². The van der Waals surface area contributed by atoms with Gasteiger partial charge in [0.15, 0.2) is 11.9 Å². The summed E-state index contributed by atoms with van der Waals surface area (Å²) in [6.45, 7) is 13.9. The maximum absolute atomic E-state index is 14.6.